The number of nitrogens with zero attached hydrogens (tertiary/aromatic N) is 2. The molecule has 0 amide bonds. The van der Waals surface area contributed by atoms with Crippen LogP contribution in [0.25, 0.3) is 4.91 Å². The number of hydrogen-bond acceptors (Lipinski definition) is 3. The first-order valence-corrected chi connectivity index (χ1v) is 12.4. The summed E-state index contributed by atoms with van der Waals surface area (Å²) in [5.74, 6) is 0. The average Bonchev–Trinajstić information content (AvgIpc) is 3.21. The molecule has 1 aliphatic heterocycles. The van der Waals surface area contributed by atoms with Crippen LogP contribution in [0.3, 0.4) is 0 Å². The Bertz CT molecular complexity index is 1330. The van der Waals surface area contributed by atoms with Gasteiger partial charge in [0.15, 0.2) is 0 Å². The molecule has 0 aliphatic carbocycles. The van der Waals surface area contributed by atoms with Gasteiger partial charge in [-0.1, -0.05) is 97.1 Å². The molecule has 0 bridgehead atoms. The summed E-state index contributed by atoms with van der Waals surface area (Å²) < 4.78 is 0. The standard InChI is InChI=1S/C30H27N3S/c1-21-28(22(2)33-32-21)31-20-27-19-26(18-23-12-6-3-7-13-23)29(24-14-8-4-9-15-24)34-30(27)25-16-10-5-11-17-25/h3-17,19-20,29H,18H2,1-2H3,(H,32,33)/t29-/m0/s1. The van der Waals surface area contributed by atoms with Crippen LogP contribution in [0.5, 0.6) is 0 Å². The van der Waals surface area contributed by atoms with Crippen molar-refractivity contribution in [3.05, 3.63) is 136 Å². The first-order valence-electron chi connectivity index (χ1n) is 11.5. The maximum absolute atomic E-state index is 4.87. The fraction of sp³-hybridized carbons (Fsp3) is 0.133. The largest absolute Gasteiger partial charge is 0.280 e. The predicted molar refractivity (Wildman–Crippen MR) is 145 cm³/mol. The molecule has 0 saturated carbocycles. The zero-order chi connectivity index (χ0) is 23.3. The van der Waals surface area contributed by atoms with E-state index in [1.165, 1.54) is 27.2 Å². The van der Waals surface area contributed by atoms with E-state index < -0.39 is 0 Å². The highest BCUT2D eigenvalue weighted by Gasteiger charge is 2.26. The maximum atomic E-state index is 4.87. The molecular weight excluding hydrogens is 434 g/mol. The summed E-state index contributed by atoms with van der Waals surface area (Å²) >= 11 is 1.92. The van der Waals surface area contributed by atoms with Gasteiger partial charge in [0.25, 0.3) is 0 Å². The molecule has 4 heteroatoms. The van der Waals surface area contributed by atoms with E-state index >= 15 is 0 Å². The number of allylic oxidation sites excluding steroid dienone is 2. The number of aromatic amines is 1. The van der Waals surface area contributed by atoms with E-state index in [-0.39, 0.29) is 5.25 Å². The lowest BCUT2D eigenvalue weighted by molar-refractivity contribution is 1.01. The van der Waals surface area contributed by atoms with Gasteiger partial charge in [-0.05, 0) is 42.5 Å². The highest BCUT2D eigenvalue weighted by atomic mass is 32.2. The molecule has 4 aromatic rings. The van der Waals surface area contributed by atoms with Crippen molar-refractivity contribution in [3.63, 3.8) is 0 Å². The van der Waals surface area contributed by atoms with Crippen LogP contribution in [0.1, 0.15) is 33.3 Å². The Labute approximate surface area is 205 Å². The normalized spacial score (nSPS) is 16.2. The molecule has 0 fully saturated rings. The molecule has 168 valence electrons. The minimum Gasteiger partial charge on any atom is -0.280 e. The summed E-state index contributed by atoms with van der Waals surface area (Å²) in [4.78, 5) is 6.11. The second kappa shape index (κ2) is 10.1. The SMILES string of the molecule is Cc1n[nH]c(C)c1N=CC1=C(c2ccccc2)S[C@@H](c2ccccc2)C(Cc2ccccc2)=C1. The lowest BCUT2D eigenvalue weighted by Crippen LogP contribution is -2.08. The number of benzene rings is 3. The van der Waals surface area contributed by atoms with Crippen molar-refractivity contribution in [2.45, 2.75) is 25.5 Å². The lowest BCUT2D eigenvalue weighted by Gasteiger charge is -2.28. The Morgan fingerprint density at radius 2 is 1.53 bits per heavy atom. The number of aromatic nitrogens is 2. The van der Waals surface area contributed by atoms with Gasteiger partial charge in [0.05, 0.1) is 16.6 Å². The number of H-pyrrole nitrogens is 1. The van der Waals surface area contributed by atoms with Gasteiger partial charge in [-0.2, -0.15) is 5.10 Å². The van der Waals surface area contributed by atoms with Gasteiger partial charge < -0.3 is 0 Å². The minimum absolute atomic E-state index is 0.242. The number of rotatable bonds is 6. The van der Waals surface area contributed by atoms with Gasteiger partial charge in [0.2, 0.25) is 0 Å². The fourth-order valence-electron chi connectivity index (χ4n) is 4.28. The molecule has 0 unspecified atom stereocenters. The molecule has 3 nitrogen and oxygen atoms in total. The van der Waals surface area contributed by atoms with Crippen LogP contribution >= 0.6 is 11.8 Å². The van der Waals surface area contributed by atoms with Crippen LogP contribution in [0.4, 0.5) is 5.69 Å². The molecule has 0 saturated heterocycles. The molecular formula is C30H27N3S. The van der Waals surface area contributed by atoms with Gasteiger partial charge in [-0.15, -0.1) is 11.8 Å². The Kier molecular flexibility index (Phi) is 6.59. The molecule has 2 heterocycles. The summed E-state index contributed by atoms with van der Waals surface area (Å²) in [5.41, 5.74) is 9.17. The minimum atomic E-state index is 0.242. The van der Waals surface area contributed by atoms with Gasteiger partial charge in [-0.3, -0.25) is 10.1 Å². The van der Waals surface area contributed by atoms with Crippen molar-refractivity contribution >= 4 is 28.6 Å². The molecule has 1 aromatic heterocycles. The van der Waals surface area contributed by atoms with Crippen LogP contribution in [0, 0.1) is 13.8 Å². The zero-order valence-corrected chi connectivity index (χ0v) is 20.2. The van der Waals surface area contributed by atoms with Gasteiger partial charge in [0, 0.05) is 16.7 Å². The van der Waals surface area contributed by atoms with Crippen molar-refractivity contribution in [3.8, 4) is 0 Å². The van der Waals surface area contributed by atoms with Crippen LogP contribution in [0.2, 0.25) is 0 Å². The Morgan fingerprint density at radius 1 is 0.882 bits per heavy atom. The Hall–Kier alpha value is -3.63. The summed E-state index contributed by atoms with van der Waals surface area (Å²) in [6, 6.07) is 32.1. The van der Waals surface area contributed by atoms with Gasteiger partial charge in [0.1, 0.15) is 5.69 Å². The van der Waals surface area contributed by atoms with Crippen LogP contribution in [-0.4, -0.2) is 16.4 Å². The molecule has 3 aromatic carbocycles. The zero-order valence-electron chi connectivity index (χ0n) is 19.4. The Morgan fingerprint density at radius 3 is 2.18 bits per heavy atom. The van der Waals surface area contributed by atoms with Crippen molar-refractivity contribution in [1.29, 1.82) is 0 Å². The third-order valence-electron chi connectivity index (χ3n) is 5.99. The van der Waals surface area contributed by atoms with E-state index in [4.69, 9.17) is 4.99 Å². The first-order chi connectivity index (χ1) is 16.7. The Balaban J connectivity index is 1.63. The summed E-state index contributed by atoms with van der Waals surface area (Å²) in [7, 11) is 0. The summed E-state index contributed by atoms with van der Waals surface area (Å²) in [5, 5.41) is 7.58. The number of aliphatic imine (C=N–C) groups is 1. The number of nitrogens with one attached hydrogen (secondary N) is 1. The summed E-state index contributed by atoms with van der Waals surface area (Å²) in [6.07, 6.45) is 5.25. The molecule has 1 N–H and O–H groups in total. The monoisotopic (exact) mass is 461 g/mol. The maximum Gasteiger partial charge on any atom is 0.106 e. The topological polar surface area (TPSA) is 41.0 Å². The molecule has 0 spiro atoms. The van der Waals surface area contributed by atoms with Crippen LogP contribution < -0.4 is 0 Å². The fourth-order valence-corrected chi connectivity index (χ4v) is 5.63. The van der Waals surface area contributed by atoms with E-state index in [0.717, 1.165) is 29.1 Å². The first kappa shape index (κ1) is 22.2. The van der Waals surface area contributed by atoms with E-state index in [9.17, 15) is 0 Å². The van der Waals surface area contributed by atoms with Gasteiger partial charge >= 0.3 is 0 Å². The summed E-state index contributed by atoms with van der Waals surface area (Å²) in [6.45, 7) is 4.00. The molecule has 1 aliphatic rings. The van der Waals surface area contributed by atoms with E-state index in [0.29, 0.717) is 0 Å². The van der Waals surface area contributed by atoms with Crippen molar-refractivity contribution < 1.29 is 0 Å². The highest BCUT2D eigenvalue weighted by molar-refractivity contribution is 8.08. The smallest absolute Gasteiger partial charge is 0.106 e. The molecule has 5 rings (SSSR count). The third kappa shape index (κ3) is 4.82. The third-order valence-corrected chi connectivity index (χ3v) is 7.50. The molecule has 34 heavy (non-hydrogen) atoms. The second-order valence-corrected chi connectivity index (χ2v) is 9.60. The lowest BCUT2D eigenvalue weighted by atomic mass is 9.94. The van der Waals surface area contributed by atoms with E-state index in [1.54, 1.807) is 0 Å². The van der Waals surface area contributed by atoms with E-state index in [1.807, 2.05) is 31.8 Å². The predicted octanol–water partition coefficient (Wildman–Crippen LogP) is 7.80. The molecule has 0 radical (unpaired) electrons. The highest BCUT2D eigenvalue weighted by Crippen LogP contribution is 2.50. The average molecular weight is 462 g/mol. The second-order valence-electron chi connectivity index (χ2n) is 8.48. The molecule has 1 atom stereocenters. The van der Waals surface area contributed by atoms with Gasteiger partial charge in [-0.25, -0.2) is 0 Å². The number of aryl methyl sites for hydroxylation is 2. The van der Waals surface area contributed by atoms with Crippen LogP contribution in [0.15, 0.2) is 113 Å². The van der Waals surface area contributed by atoms with Crippen LogP contribution in [-0.2, 0) is 6.42 Å². The van der Waals surface area contributed by atoms with Crippen molar-refractivity contribution in [2.75, 3.05) is 0 Å². The quantitative estimate of drug-likeness (QED) is 0.298. The number of hydrogen-bond donors (Lipinski definition) is 1. The van der Waals surface area contributed by atoms with E-state index in [2.05, 4.69) is 107 Å². The van der Waals surface area contributed by atoms with Crippen molar-refractivity contribution in [2.24, 2.45) is 4.99 Å². The van der Waals surface area contributed by atoms with Crippen molar-refractivity contribution in [1.82, 2.24) is 10.2 Å². The number of thioether (sulfide) groups is 1.